The summed E-state index contributed by atoms with van der Waals surface area (Å²) in [5.74, 6) is 2.10. The molecule has 0 atom stereocenters. The molecule has 33 heavy (non-hydrogen) atoms. The molecule has 3 aromatic rings. The Morgan fingerprint density at radius 3 is 2.76 bits per heavy atom. The maximum Gasteiger partial charge on any atom is 0.220 e. The fourth-order valence-electron chi connectivity index (χ4n) is 4.26. The second kappa shape index (κ2) is 11.4. The summed E-state index contributed by atoms with van der Waals surface area (Å²) >= 11 is 14.4. The first-order chi connectivity index (χ1) is 16.0. The monoisotopic (exact) mass is 502 g/mol. The van der Waals surface area contributed by atoms with Gasteiger partial charge in [0, 0.05) is 17.2 Å². The first kappa shape index (κ1) is 24.1. The summed E-state index contributed by atoms with van der Waals surface area (Å²) < 4.78 is 1.89. The highest BCUT2D eigenvalue weighted by atomic mass is 35.5. The summed E-state index contributed by atoms with van der Waals surface area (Å²) in [6.45, 7) is 2.36. The summed E-state index contributed by atoms with van der Waals surface area (Å²) in [6, 6.07) is 13.7. The van der Waals surface area contributed by atoms with Crippen molar-refractivity contribution < 1.29 is 4.79 Å². The molecule has 0 aliphatic heterocycles. The number of amides is 1. The van der Waals surface area contributed by atoms with Crippen LogP contribution in [0.3, 0.4) is 0 Å². The van der Waals surface area contributed by atoms with Crippen molar-refractivity contribution in [2.24, 2.45) is 5.92 Å². The molecule has 0 saturated heterocycles. The van der Waals surface area contributed by atoms with Gasteiger partial charge in [-0.25, -0.2) is 0 Å². The Morgan fingerprint density at radius 1 is 1.15 bits per heavy atom. The molecule has 1 fully saturated rings. The van der Waals surface area contributed by atoms with Crippen LogP contribution in [0.2, 0.25) is 10.0 Å². The Bertz CT molecular complexity index is 1110. The van der Waals surface area contributed by atoms with Crippen molar-refractivity contribution >= 4 is 40.9 Å². The first-order valence-corrected chi connectivity index (χ1v) is 13.1. The minimum absolute atomic E-state index is 0.0441. The molecule has 0 spiro atoms. The molecule has 1 saturated carbocycles. The van der Waals surface area contributed by atoms with E-state index < -0.39 is 0 Å². The van der Waals surface area contributed by atoms with Crippen molar-refractivity contribution in [1.82, 2.24) is 20.1 Å². The van der Waals surface area contributed by atoms with Crippen LogP contribution in [0.15, 0.2) is 47.6 Å². The van der Waals surface area contributed by atoms with Gasteiger partial charge in [-0.1, -0.05) is 90.5 Å². The zero-order valence-electron chi connectivity index (χ0n) is 18.7. The fourth-order valence-corrected chi connectivity index (χ4v) is 5.53. The van der Waals surface area contributed by atoms with E-state index in [2.05, 4.69) is 46.7 Å². The Kier molecular flexibility index (Phi) is 8.34. The van der Waals surface area contributed by atoms with Gasteiger partial charge in [0.1, 0.15) is 0 Å². The molecular weight excluding hydrogens is 475 g/mol. The average Bonchev–Trinajstić information content (AvgIpc) is 3.46. The number of carbonyl (C=O) groups is 1. The third-order valence-electron chi connectivity index (χ3n) is 6.00. The topological polar surface area (TPSA) is 59.8 Å². The lowest BCUT2D eigenvalue weighted by atomic mass is 10.0. The standard InChI is InChI=1S/C25H28Cl2N4OS/c1-17-5-4-8-19(13-17)16-33-25-30-29-23(31(25)22-14-20(26)10-11-21(22)27)15-28-24(32)12-9-18-6-2-3-7-18/h4-5,8,10-11,13-14,18H,2-3,6-7,9,12,15-16H2,1H3,(H,28,32). The van der Waals surface area contributed by atoms with E-state index in [1.54, 1.807) is 30.0 Å². The molecule has 2 aromatic carbocycles. The van der Waals surface area contributed by atoms with Crippen LogP contribution in [-0.4, -0.2) is 20.7 Å². The maximum atomic E-state index is 12.5. The van der Waals surface area contributed by atoms with Gasteiger partial charge in [-0.3, -0.25) is 9.36 Å². The summed E-state index contributed by atoms with van der Waals surface area (Å²) in [4.78, 5) is 12.5. The maximum absolute atomic E-state index is 12.5. The molecule has 1 aromatic heterocycles. The summed E-state index contributed by atoms with van der Waals surface area (Å²) in [7, 11) is 0. The number of aryl methyl sites for hydroxylation is 1. The minimum atomic E-state index is 0.0441. The van der Waals surface area contributed by atoms with Crippen molar-refractivity contribution in [1.29, 1.82) is 0 Å². The third-order valence-corrected chi connectivity index (χ3v) is 7.55. The largest absolute Gasteiger partial charge is 0.349 e. The van der Waals surface area contributed by atoms with E-state index in [1.165, 1.54) is 36.8 Å². The lowest BCUT2D eigenvalue weighted by Gasteiger charge is -2.13. The molecule has 1 aliphatic rings. The van der Waals surface area contributed by atoms with Crippen LogP contribution >= 0.6 is 35.0 Å². The van der Waals surface area contributed by atoms with Gasteiger partial charge in [-0.05, 0) is 43.0 Å². The zero-order chi connectivity index (χ0) is 23.2. The number of halogens is 2. The third kappa shape index (κ3) is 6.52. The number of nitrogens with zero attached hydrogens (tertiary/aromatic N) is 3. The molecule has 0 bridgehead atoms. The molecular formula is C25H28Cl2N4OS. The molecule has 5 nitrogen and oxygen atoms in total. The predicted molar refractivity (Wildman–Crippen MR) is 135 cm³/mol. The smallest absolute Gasteiger partial charge is 0.220 e. The lowest BCUT2D eigenvalue weighted by Crippen LogP contribution is -2.25. The predicted octanol–water partition coefficient (Wildman–Crippen LogP) is 6.76. The van der Waals surface area contributed by atoms with Crippen molar-refractivity contribution in [2.75, 3.05) is 0 Å². The van der Waals surface area contributed by atoms with E-state index in [0.717, 1.165) is 12.2 Å². The number of carbonyl (C=O) groups excluding carboxylic acids is 1. The normalized spacial score (nSPS) is 14.0. The highest BCUT2D eigenvalue weighted by Gasteiger charge is 2.19. The van der Waals surface area contributed by atoms with E-state index in [0.29, 0.717) is 39.1 Å². The fraction of sp³-hybridized carbons (Fsp3) is 0.400. The highest BCUT2D eigenvalue weighted by molar-refractivity contribution is 7.98. The number of hydrogen-bond donors (Lipinski definition) is 1. The molecule has 1 amide bonds. The zero-order valence-corrected chi connectivity index (χ0v) is 21.0. The van der Waals surface area contributed by atoms with Gasteiger partial charge in [0.05, 0.1) is 17.3 Å². The van der Waals surface area contributed by atoms with Crippen molar-refractivity contribution in [3.8, 4) is 5.69 Å². The molecule has 0 radical (unpaired) electrons. The lowest BCUT2D eigenvalue weighted by molar-refractivity contribution is -0.121. The Labute approximate surface area is 209 Å². The highest BCUT2D eigenvalue weighted by Crippen LogP contribution is 2.31. The Hall–Kier alpha value is -2.02. The molecule has 1 heterocycles. The molecule has 0 unspecified atom stereocenters. The number of aromatic nitrogens is 3. The van der Waals surface area contributed by atoms with Gasteiger partial charge >= 0.3 is 0 Å². The van der Waals surface area contributed by atoms with Crippen LogP contribution in [0.4, 0.5) is 0 Å². The van der Waals surface area contributed by atoms with Gasteiger partial charge in [-0.15, -0.1) is 10.2 Å². The molecule has 8 heteroatoms. The molecule has 1 aliphatic carbocycles. The number of benzene rings is 2. The second-order valence-electron chi connectivity index (χ2n) is 8.57. The SMILES string of the molecule is Cc1cccc(CSc2nnc(CNC(=O)CCC3CCCC3)n2-c2cc(Cl)ccc2Cl)c1. The van der Waals surface area contributed by atoms with Crippen LogP contribution in [0.1, 0.15) is 55.5 Å². The van der Waals surface area contributed by atoms with Crippen molar-refractivity contribution in [3.63, 3.8) is 0 Å². The number of thioether (sulfide) groups is 1. The van der Waals surface area contributed by atoms with Gasteiger partial charge in [0.2, 0.25) is 5.91 Å². The van der Waals surface area contributed by atoms with Crippen LogP contribution < -0.4 is 5.32 Å². The Balaban J connectivity index is 1.50. The first-order valence-electron chi connectivity index (χ1n) is 11.3. The average molecular weight is 503 g/mol. The quantitative estimate of drug-likeness (QED) is 0.328. The van der Waals surface area contributed by atoms with Gasteiger partial charge in [0.15, 0.2) is 11.0 Å². The van der Waals surface area contributed by atoms with Crippen molar-refractivity contribution in [3.05, 3.63) is 69.5 Å². The second-order valence-corrected chi connectivity index (χ2v) is 10.4. The van der Waals surface area contributed by atoms with E-state index in [1.807, 2.05) is 4.57 Å². The number of hydrogen-bond acceptors (Lipinski definition) is 4. The van der Waals surface area contributed by atoms with E-state index in [4.69, 9.17) is 23.2 Å². The van der Waals surface area contributed by atoms with E-state index in [9.17, 15) is 4.79 Å². The van der Waals surface area contributed by atoms with Crippen LogP contribution in [0.5, 0.6) is 0 Å². The molecule has 1 N–H and O–H groups in total. The van der Waals surface area contributed by atoms with Gasteiger partial charge in [0.25, 0.3) is 0 Å². The number of rotatable bonds is 9. The van der Waals surface area contributed by atoms with Crippen molar-refractivity contribution in [2.45, 2.75) is 62.9 Å². The number of nitrogens with one attached hydrogen (secondary N) is 1. The summed E-state index contributed by atoms with van der Waals surface area (Å²) in [6.07, 6.45) is 6.58. The molecule has 4 rings (SSSR count). The van der Waals surface area contributed by atoms with E-state index >= 15 is 0 Å². The van der Waals surface area contributed by atoms with Gasteiger partial charge in [-0.2, -0.15) is 0 Å². The van der Waals surface area contributed by atoms with Crippen LogP contribution in [0.25, 0.3) is 5.69 Å². The van der Waals surface area contributed by atoms with Crippen LogP contribution in [0, 0.1) is 12.8 Å². The molecule has 174 valence electrons. The summed E-state index contributed by atoms with van der Waals surface area (Å²) in [5.41, 5.74) is 3.12. The van der Waals surface area contributed by atoms with Gasteiger partial charge < -0.3 is 5.32 Å². The van der Waals surface area contributed by atoms with E-state index in [-0.39, 0.29) is 12.5 Å². The minimum Gasteiger partial charge on any atom is -0.349 e. The van der Waals surface area contributed by atoms with Crippen LogP contribution in [-0.2, 0) is 17.1 Å². The Morgan fingerprint density at radius 2 is 1.97 bits per heavy atom. The summed E-state index contributed by atoms with van der Waals surface area (Å²) in [5, 5.41) is 13.6.